The summed E-state index contributed by atoms with van der Waals surface area (Å²) in [5.41, 5.74) is 0.00141. The summed E-state index contributed by atoms with van der Waals surface area (Å²) < 4.78 is 49.4. The first kappa shape index (κ1) is 13.9. The number of aliphatic hydroxyl groups excluding tert-OH is 1. The molecule has 0 spiro atoms. The van der Waals surface area contributed by atoms with Crippen molar-refractivity contribution < 1.29 is 22.7 Å². The number of halogens is 4. The van der Waals surface area contributed by atoms with Gasteiger partial charge in [0.25, 0.3) is 0 Å². The zero-order valence-corrected chi connectivity index (χ0v) is 9.21. The van der Waals surface area contributed by atoms with Crippen molar-refractivity contribution in [2.45, 2.75) is 12.3 Å². The average molecular weight is 251 g/mol. The number of likely N-dealkylation sites (N-methyl/N-ethyl adjacent to an activating group) is 1. The molecule has 1 atom stereocenters. The number of aliphatic hydroxyl groups is 1. The van der Waals surface area contributed by atoms with Gasteiger partial charge in [-0.1, -0.05) is 18.2 Å². The minimum atomic E-state index is -4.33. The van der Waals surface area contributed by atoms with Crippen LogP contribution in [0.3, 0.4) is 0 Å². The monoisotopic (exact) mass is 251 g/mol. The second-order valence-corrected chi connectivity index (χ2v) is 3.85. The molecule has 1 unspecified atom stereocenters. The first-order chi connectivity index (χ1) is 7.79. The van der Waals surface area contributed by atoms with Gasteiger partial charge in [-0.15, -0.1) is 0 Å². The van der Waals surface area contributed by atoms with Crippen LogP contribution < -0.4 is 0 Å². The summed E-state index contributed by atoms with van der Waals surface area (Å²) in [5.74, 6) is -0.625. The van der Waals surface area contributed by atoms with Gasteiger partial charge in [-0.2, -0.15) is 13.2 Å². The molecule has 17 heavy (non-hydrogen) atoms. The molecule has 0 saturated carbocycles. The van der Waals surface area contributed by atoms with Gasteiger partial charge in [0, 0.05) is 12.1 Å². The minimum absolute atomic E-state index is 0.00141. The molecule has 1 N–H and O–H groups in total. The Morgan fingerprint density at radius 1 is 1.29 bits per heavy atom. The predicted molar refractivity (Wildman–Crippen MR) is 54.9 cm³/mol. The normalized spacial score (nSPS) is 14.1. The van der Waals surface area contributed by atoms with E-state index >= 15 is 0 Å². The highest BCUT2D eigenvalue weighted by Crippen LogP contribution is 2.20. The SMILES string of the molecule is CN(CC(O)c1ccccc1F)CC(F)(F)F. The Balaban J connectivity index is 2.61. The van der Waals surface area contributed by atoms with Crippen LogP contribution in [0.5, 0.6) is 0 Å². The van der Waals surface area contributed by atoms with Gasteiger partial charge < -0.3 is 5.11 Å². The van der Waals surface area contributed by atoms with Crippen molar-refractivity contribution in [2.24, 2.45) is 0 Å². The average Bonchev–Trinajstić information content (AvgIpc) is 2.14. The van der Waals surface area contributed by atoms with E-state index in [9.17, 15) is 22.7 Å². The summed E-state index contributed by atoms with van der Waals surface area (Å²) in [6, 6.07) is 5.47. The molecule has 0 heterocycles. The number of alkyl halides is 3. The molecule has 1 aromatic carbocycles. The Bertz CT molecular complexity index is 367. The van der Waals surface area contributed by atoms with Gasteiger partial charge in [-0.3, -0.25) is 4.90 Å². The van der Waals surface area contributed by atoms with Gasteiger partial charge in [-0.05, 0) is 13.1 Å². The highest BCUT2D eigenvalue weighted by molar-refractivity contribution is 5.19. The Morgan fingerprint density at radius 3 is 2.41 bits per heavy atom. The fourth-order valence-electron chi connectivity index (χ4n) is 1.51. The summed E-state index contributed by atoms with van der Waals surface area (Å²) in [4.78, 5) is 0.900. The zero-order valence-electron chi connectivity index (χ0n) is 9.21. The Labute approximate surface area is 96.5 Å². The molecule has 0 aliphatic carbocycles. The van der Waals surface area contributed by atoms with Gasteiger partial charge in [0.15, 0.2) is 0 Å². The summed E-state index contributed by atoms with van der Waals surface area (Å²) >= 11 is 0. The molecule has 0 aromatic heterocycles. The summed E-state index contributed by atoms with van der Waals surface area (Å²) in [5, 5.41) is 9.62. The van der Waals surface area contributed by atoms with E-state index in [4.69, 9.17) is 0 Å². The molecular formula is C11H13F4NO. The van der Waals surface area contributed by atoms with E-state index in [0.29, 0.717) is 0 Å². The van der Waals surface area contributed by atoms with Crippen LogP contribution in [0.4, 0.5) is 17.6 Å². The van der Waals surface area contributed by atoms with Gasteiger partial charge in [0.05, 0.1) is 12.6 Å². The third-order valence-corrected chi connectivity index (χ3v) is 2.20. The van der Waals surface area contributed by atoms with E-state index in [1.54, 1.807) is 0 Å². The van der Waals surface area contributed by atoms with Crippen LogP contribution >= 0.6 is 0 Å². The topological polar surface area (TPSA) is 23.5 Å². The Kier molecular flexibility index (Phi) is 4.47. The van der Waals surface area contributed by atoms with Crippen molar-refractivity contribution >= 4 is 0 Å². The molecule has 6 heteroatoms. The predicted octanol–water partition coefficient (Wildman–Crippen LogP) is 2.35. The van der Waals surface area contributed by atoms with E-state index in [2.05, 4.69) is 0 Å². The zero-order chi connectivity index (χ0) is 13.1. The Hall–Kier alpha value is -1.14. The molecule has 0 aliphatic rings. The molecule has 2 nitrogen and oxygen atoms in total. The van der Waals surface area contributed by atoms with Crippen LogP contribution in [0, 0.1) is 5.82 Å². The highest BCUT2D eigenvalue weighted by atomic mass is 19.4. The minimum Gasteiger partial charge on any atom is -0.387 e. The van der Waals surface area contributed by atoms with Crippen molar-refractivity contribution in [2.75, 3.05) is 20.1 Å². The van der Waals surface area contributed by atoms with Crippen molar-refractivity contribution in [3.05, 3.63) is 35.6 Å². The van der Waals surface area contributed by atoms with Crippen LogP contribution in [0.2, 0.25) is 0 Å². The van der Waals surface area contributed by atoms with Crippen LogP contribution in [-0.4, -0.2) is 36.3 Å². The fraction of sp³-hybridized carbons (Fsp3) is 0.455. The van der Waals surface area contributed by atoms with E-state index in [1.165, 1.54) is 25.2 Å². The second kappa shape index (κ2) is 5.46. The number of benzene rings is 1. The lowest BCUT2D eigenvalue weighted by Crippen LogP contribution is -2.34. The lowest BCUT2D eigenvalue weighted by molar-refractivity contribution is -0.145. The van der Waals surface area contributed by atoms with Crippen LogP contribution in [0.15, 0.2) is 24.3 Å². The van der Waals surface area contributed by atoms with Crippen molar-refractivity contribution in [3.63, 3.8) is 0 Å². The van der Waals surface area contributed by atoms with Gasteiger partial charge in [-0.25, -0.2) is 4.39 Å². The van der Waals surface area contributed by atoms with Crippen LogP contribution in [0.25, 0.3) is 0 Å². The van der Waals surface area contributed by atoms with Crippen molar-refractivity contribution in [3.8, 4) is 0 Å². The molecule has 0 amide bonds. The number of nitrogens with zero attached hydrogens (tertiary/aromatic N) is 1. The maximum absolute atomic E-state index is 13.2. The van der Waals surface area contributed by atoms with Gasteiger partial charge in [0.2, 0.25) is 0 Å². The van der Waals surface area contributed by atoms with E-state index in [1.807, 2.05) is 0 Å². The third-order valence-electron chi connectivity index (χ3n) is 2.20. The molecule has 0 bridgehead atoms. The largest absolute Gasteiger partial charge is 0.401 e. The van der Waals surface area contributed by atoms with Crippen LogP contribution in [0.1, 0.15) is 11.7 Å². The maximum Gasteiger partial charge on any atom is 0.401 e. The molecule has 0 fully saturated rings. The quantitative estimate of drug-likeness (QED) is 0.830. The summed E-state index contributed by atoms with van der Waals surface area (Å²) in [6.45, 7) is -1.42. The summed E-state index contributed by atoms with van der Waals surface area (Å²) in [6.07, 6.45) is -5.60. The van der Waals surface area contributed by atoms with Gasteiger partial charge in [0.1, 0.15) is 5.82 Å². The van der Waals surface area contributed by atoms with Crippen LogP contribution in [-0.2, 0) is 0 Å². The second-order valence-electron chi connectivity index (χ2n) is 3.85. The van der Waals surface area contributed by atoms with E-state index in [-0.39, 0.29) is 12.1 Å². The lowest BCUT2D eigenvalue weighted by Gasteiger charge is -2.22. The van der Waals surface area contributed by atoms with E-state index < -0.39 is 24.6 Å². The Morgan fingerprint density at radius 2 is 1.88 bits per heavy atom. The van der Waals surface area contributed by atoms with Crippen molar-refractivity contribution in [1.82, 2.24) is 4.90 Å². The van der Waals surface area contributed by atoms with Crippen molar-refractivity contribution in [1.29, 1.82) is 0 Å². The fourth-order valence-corrected chi connectivity index (χ4v) is 1.51. The number of rotatable bonds is 4. The summed E-state index contributed by atoms with van der Waals surface area (Å²) in [7, 11) is 1.22. The highest BCUT2D eigenvalue weighted by Gasteiger charge is 2.30. The molecule has 1 rings (SSSR count). The van der Waals surface area contributed by atoms with Gasteiger partial charge >= 0.3 is 6.18 Å². The first-order valence-electron chi connectivity index (χ1n) is 4.97. The number of hydrogen-bond acceptors (Lipinski definition) is 2. The molecule has 0 aliphatic heterocycles. The standard InChI is InChI=1S/C11H13F4NO/c1-16(7-11(13,14)15)6-10(17)8-4-2-3-5-9(8)12/h2-5,10,17H,6-7H2,1H3. The molecular weight excluding hydrogens is 238 g/mol. The molecule has 0 radical (unpaired) electrons. The lowest BCUT2D eigenvalue weighted by atomic mass is 10.1. The molecule has 0 saturated heterocycles. The maximum atomic E-state index is 13.2. The smallest absolute Gasteiger partial charge is 0.387 e. The number of hydrogen-bond donors (Lipinski definition) is 1. The van der Waals surface area contributed by atoms with E-state index in [0.717, 1.165) is 11.0 Å². The first-order valence-corrected chi connectivity index (χ1v) is 4.97. The third kappa shape index (κ3) is 4.70. The molecule has 96 valence electrons. The molecule has 1 aromatic rings.